The highest BCUT2D eigenvalue weighted by Crippen LogP contribution is 2.42. The number of hydrogen-bond acceptors (Lipinski definition) is 2. The van der Waals surface area contributed by atoms with E-state index in [0.717, 1.165) is 18.4 Å². The van der Waals surface area contributed by atoms with Gasteiger partial charge >= 0.3 is 0 Å². The van der Waals surface area contributed by atoms with Crippen LogP contribution in [-0.4, -0.2) is 29.4 Å². The van der Waals surface area contributed by atoms with E-state index < -0.39 is 0 Å². The zero-order chi connectivity index (χ0) is 12.8. The average Bonchev–Trinajstić information content (AvgIpc) is 2.78. The molecule has 3 nitrogen and oxygen atoms in total. The van der Waals surface area contributed by atoms with Gasteiger partial charge in [0.25, 0.3) is 0 Å². The summed E-state index contributed by atoms with van der Waals surface area (Å²) >= 11 is 0. The van der Waals surface area contributed by atoms with Gasteiger partial charge in [0.15, 0.2) is 0 Å². The lowest BCUT2D eigenvalue weighted by molar-refractivity contribution is -0.136. The fraction of sp³-hybridized carbons (Fsp3) is 0.929. The maximum Gasteiger partial charge on any atom is 0.240 e. The molecule has 0 bridgehead atoms. The quantitative estimate of drug-likeness (QED) is 0.759. The largest absolute Gasteiger partial charge is 0.338 e. The summed E-state index contributed by atoms with van der Waals surface area (Å²) in [4.78, 5) is 14.5. The molecule has 1 aliphatic carbocycles. The predicted octanol–water partition coefficient (Wildman–Crippen LogP) is 2.01. The average molecular weight is 238 g/mol. The molecule has 1 amide bonds. The molecule has 1 saturated heterocycles. The van der Waals surface area contributed by atoms with Gasteiger partial charge in [-0.2, -0.15) is 0 Å². The lowest BCUT2D eigenvalue weighted by Gasteiger charge is -2.33. The number of likely N-dealkylation sites (tertiary alicyclic amines) is 1. The van der Waals surface area contributed by atoms with Crippen LogP contribution in [0.5, 0.6) is 0 Å². The van der Waals surface area contributed by atoms with Crippen molar-refractivity contribution in [1.82, 2.24) is 4.90 Å². The van der Waals surface area contributed by atoms with Crippen LogP contribution in [0.1, 0.15) is 47.0 Å². The second-order valence-electron chi connectivity index (χ2n) is 6.93. The van der Waals surface area contributed by atoms with Crippen LogP contribution in [0.25, 0.3) is 0 Å². The topological polar surface area (TPSA) is 46.3 Å². The zero-order valence-electron chi connectivity index (χ0n) is 11.6. The second kappa shape index (κ2) is 4.27. The number of hydrogen-bond donors (Lipinski definition) is 1. The summed E-state index contributed by atoms with van der Waals surface area (Å²) in [6, 6.07) is 0.0205. The van der Waals surface area contributed by atoms with Crippen LogP contribution in [0.4, 0.5) is 0 Å². The first kappa shape index (κ1) is 12.9. The molecule has 2 rings (SSSR count). The maximum absolute atomic E-state index is 12.4. The Morgan fingerprint density at radius 3 is 2.53 bits per heavy atom. The molecule has 0 spiro atoms. The minimum absolute atomic E-state index is 0.144. The molecule has 2 fully saturated rings. The molecule has 1 heterocycles. The maximum atomic E-state index is 12.4. The standard InChI is InChI=1S/C14H26N2O/c1-9-11-7-5-6-10(11)8-16(9)13(17)12(15)14(2,3)4/h9-12H,5-8,15H2,1-4H3/t9-,10+,11-,12-/m1/s1. The molecule has 0 aromatic rings. The Morgan fingerprint density at radius 2 is 2.00 bits per heavy atom. The second-order valence-corrected chi connectivity index (χ2v) is 6.93. The molecule has 0 unspecified atom stereocenters. The summed E-state index contributed by atoms with van der Waals surface area (Å²) in [7, 11) is 0. The Kier molecular flexibility index (Phi) is 3.23. The summed E-state index contributed by atoms with van der Waals surface area (Å²) in [6.45, 7) is 9.25. The summed E-state index contributed by atoms with van der Waals surface area (Å²) < 4.78 is 0. The molecule has 98 valence electrons. The Morgan fingerprint density at radius 1 is 1.35 bits per heavy atom. The number of nitrogens with zero attached hydrogens (tertiary/aromatic N) is 1. The fourth-order valence-electron chi connectivity index (χ4n) is 3.42. The number of carbonyl (C=O) groups excluding carboxylic acids is 1. The van der Waals surface area contributed by atoms with Crippen molar-refractivity contribution in [3.05, 3.63) is 0 Å². The number of nitrogens with two attached hydrogens (primary N) is 1. The van der Waals surface area contributed by atoms with E-state index in [1.807, 2.05) is 25.7 Å². The minimum atomic E-state index is -0.372. The lowest BCUT2D eigenvalue weighted by Crippen LogP contribution is -2.51. The fourth-order valence-corrected chi connectivity index (χ4v) is 3.42. The molecule has 0 radical (unpaired) electrons. The number of carbonyl (C=O) groups is 1. The van der Waals surface area contributed by atoms with Crippen molar-refractivity contribution in [2.24, 2.45) is 23.0 Å². The summed E-state index contributed by atoms with van der Waals surface area (Å²) in [5.41, 5.74) is 5.95. The first-order chi connectivity index (χ1) is 7.82. The molecule has 2 aliphatic rings. The van der Waals surface area contributed by atoms with Crippen molar-refractivity contribution in [1.29, 1.82) is 0 Å². The highest BCUT2D eigenvalue weighted by atomic mass is 16.2. The molecule has 0 aromatic carbocycles. The Hall–Kier alpha value is -0.570. The monoisotopic (exact) mass is 238 g/mol. The van der Waals surface area contributed by atoms with Crippen LogP contribution < -0.4 is 5.73 Å². The van der Waals surface area contributed by atoms with Gasteiger partial charge in [-0.05, 0) is 37.0 Å². The van der Waals surface area contributed by atoms with E-state index in [2.05, 4.69) is 6.92 Å². The van der Waals surface area contributed by atoms with E-state index in [1.54, 1.807) is 0 Å². The SMILES string of the molecule is C[C@@H]1[C@H]2CCC[C@H]2CN1C(=O)[C@@H](N)C(C)(C)C. The molecule has 1 aliphatic heterocycles. The third-order valence-electron chi connectivity index (χ3n) is 4.74. The molecule has 2 N–H and O–H groups in total. The van der Waals surface area contributed by atoms with E-state index in [4.69, 9.17) is 5.73 Å². The van der Waals surface area contributed by atoms with Gasteiger partial charge in [0.05, 0.1) is 6.04 Å². The first-order valence-corrected chi connectivity index (χ1v) is 6.88. The van der Waals surface area contributed by atoms with E-state index in [0.29, 0.717) is 6.04 Å². The lowest BCUT2D eigenvalue weighted by atomic mass is 9.86. The van der Waals surface area contributed by atoms with Gasteiger partial charge in [0, 0.05) is 12.6 Å². The van der Waals surface area contributed by atoms with Crippen molar-refractivity contribution in [3.63, 3.8) is 0 Å². The van der Waals surface area contributed by atoms with Crippen molar-refractivity contribution in [2.45, 2.75) is 59.0 Å². The Balaban J connectivity index is 2.07. The van der Waals surface area contributed by atoms with Crippen molar-refractivity contribution < 1.29 is 4.79 Å². The van der Waals surface area contributed by atoms with Crippen molar-refractivity contribution >= 4 is 5.91 Å². The van der Waals surface area contributed by atoms with Crippen LogP contribution >= 0.6 is 0 Å². The van der Waals surface area contributed by atoms with Crippen LogP contribution in [0.3, 0.4) is 0 Å². The molecule has 1 saturated carbocycles. The van der Waals surface area contributed by atoms with Gasteiger partial charge in [-0.15, -0.1) is 0 Å². The molecule has 4 atom stereocenters. The van der Waals surface area contributed by atoms with Gasteiger partial charge in [-0.3, -0.25) is 4.79 Å². The van der Waals surface area contributed by atoms with Crippen LogP contribution in [-0.2, 0) is 4.79 Å². The predicted molar refractivity (Wildman–Crippen MR) is 69.4 cm³/mol. The Labute approximate surface area is 105 Å². The van der Waals surface area contributed by atoms with E-state index in [-0.39, 0.29) is 17.4 Å². The molecule has 17 heavy (non-hydrogen) atoms. The van der Waals surface area contributed by atoms with Crippen LogP contribution in [0, 0.1) is 17.3 Å². The summed E-state index contributed by atoms with van der Waals surface area (Å²) in [5, 5.41) is 0. The third kappa shape index (κ3) is 2.22. The highest BCUT2D eigenvalue weighted by molar-refractivity contribution is 5.83. The van der Waals surface area contributed by atoms with Crippen LogP contribution in [0.15, 0.2) is 0 Å². The van der Waals surface area contributed by atoms with Gasteiger partial charge in [0.2, 0.25) is 5.91 Å². The third-order valence-corrected chi connectivity index (χ3v) is 4.74. The van der Waals surface area contributed by atoms with Gasteiger partial charge in [-0.1, -0.05) is 27.2 Å². The smallest absolute Gasteiger partial charge is 0.240 e. The highest BCUT2D eigenvalue weighted by Gasteiger charge is 2.45. The molecule has 0 aromatic heterocycles. The Bertz CT molecular complexity index is 308. The minimum Gasteiger partial charge on any atom is -0.338 e. The van der Waals surface area contributed by atoms with E-state index in [9.17, 15) is 4.79 Å². The van der Waals surface area contributed by atoms with Crippen molar-refractivity contribution in [3.8, 4) is 0 Å². The van der Waals surface area contributed by atoms with Crippen LogP contribution in [0.2, 0.25) is 0 Å². The van der Waals surface area contributed by atoms with Gasteiger partial charge < -0.3 is 10.6 Å². The van der Waals surface area contributed by atoms with Crippen molar-refractivity contribution in [2.75, 3.05) is 6.54 Å². The number of amides is 1. The molecular formula is C14H26N2O. The summed E-state index contributed by atoms with van der Waals surface area (Å²) in [5.74, 6) is 1.62. The van der Waals surface area contributed by atoms with Gasteiger partial charge in [0.1, 0.15) is 0 Å². The van der Waals surface area contributed by atoms with E-state index >= 15 is 0 Å². The first-order valence-electron chi connectivity index (χ1n) is 6.88. The normalized spacial score (nSPS) is 34.9. The summed E-state index contributed by atoms with van der Waals surface area (Å²) in [6.07, 6.45) is 3.93. The molecule has 3 heteroatoms. The number of fused-ring (bicyclic) bond motifs is 1. The molecular weight excluding hydrogens is 212 g/mol. The van der Waals surface area contributed by atoms with E-state index in [1.165, 1.54) is 19.3 Å². The zero-order valence-corrected chi connectivity index (χ0v) is 11.6. The van der Waals surface area contributed by atoms with Gasteiger partial charge in [-0.25, -0.2) is 0 Å². The number of rotatable bonds is 1.